The molecule has 0 radical (unpaired) electrons. The molecule has 1 aromatic heterocycles. The number of methoxy groups -OCH3 is 1. The quantitative estimate of drug-likeness (QED) is 0.618. The van der Waals surface area contributed by atoms with Crippen LogP contribution in [0.3, 0.4) is 0 Å². The molecule has 1 saturated heterocycles. The number of allylic oxidation sites excluding steroid dienone is 2. The van der Waals surface area contributed by atoms with Crippen LogP contribution in [-0.4, -0.2) is 48.8 Å². The van der Waals surface area contributed by atoms with E-state index in [1.807, 2.05) is 38.1 Å². The second-order valence-corrected chi connectivity index (χ2v) is 9.70. The maximum Gasteiger partial charge on any atom is 0.247 e. The Labute approximate surface area is 205 Å². The Balaban J connectivity index is 1.35. The lowest BCUT2D eigenvalue weighted by Gasteiger charge is -2.41. The summed E-state index contributed by atoms with van der Waals surface area (Å²) in [6, 6.07) is 9.73. The van der Waals surface area contributed by atoms with Crippen LogP contribution in [0.4, 0.5) is 5.69 Å². The number of nitrogens with zero attached hydrogens (tertiary/aromatic N) is 3. The monoisotopic (exact) mass is 476 g/mol. The van der Waals surface area contributed by atoms with Gasteiger partial charge in [-0.1, -0.05) is 12.2 Å². The Morgan fingerprint density at radius 3 is 2.66 bits per heavy atom. The molecule has 2 amide bonds. The van der Waals surface area contributed by atoms with Gasteiger partial charge in [0, 0.05) is 30.6 Å². The summed E-state index contributed by atoms with van der Waals surface area (Å²) in [5.74, 6) is 1.53. The number of hydrogen-bond acceptors (Lipinski definition) is 6. The van der Waals surface area contributed by atoms with Gasteiger partial charge in [-0.25, -0.2) is 5.01 Å². The van der Waals surface area contributed by atoms with Crippen molar-refractivity contribution in [2.45, 2.75) is 39.3 Å². The number of ether oxygens (including phenoxy) is 1. The number of amides is 2. The van der Waals surface area contributed by atoms with Crippen molar-refractivity contribution in [3.05, 3.63) is 60.1 Å². The maximum atomic E-state index is 13.1. The number of carbonyl (C=O) groups excluding carboxylic acids is 2. The SMILES string of the molecule is COc1ccc(C2=NN(C(C)C)C(=O)[C@@H]3CC=CC[C@H]23)cc1N1CC(C(=O)NCc2ccco2)C1. The topological polar surface area (TPSA) is 87.4 Å². The number of anilines is 1. The van der Waals surface area contributed by atoms with E-state index in [2.05, 4.69) is 28.4 Å². The molecule has 2 atom stereocenters. The molecule has 1 fully saturated rings. The van der Waals surface area contributed by atoms with Gasteiger partial charge in [0.2, 0.25) is 11.8 Å². The number of hydrazone groups is 1. The molecule has 5 rings (SSSR count). The summed E-state index contributed by atoms with van der Waals surface area (Å²) in [5, 5.41) is 9.43. The summed E-state index contributed by atoms with van der Waals surface area (Å²) in [6.07, 6.45) is 7.42. The van der Waals surface area contributed by atoms with Crippen LogP contribution < -0.4 is 15.0 Å². The molecule has 1 N–H and O–H groups in total. The van der Waals surface area contributed by atoms with E-state index in [0.29, 0.717) is 19.6 Å². The molecule has 184 valence electrons. The number of hydrogen-bond donors (Lipinski definition) is 1. The first-order valence-electron chi connectivity index (χ1n) is 12.3. The molecular weight excluding hydrogens is 444 g/mol. The van der Waals surface area contributed by atoms with Crippen LogP contribution in [0.15, 0.2) is 58.3 Å². The number of carbonyl (C=O) groups is 2. The summed E-state index contributed by atoms with van der Waals surface area (Å²) in [5.41, 5.74) is 2.89. The molecule has 1 aromatic carbocycles. The molecule has 0 saturated carbocycles. The Morgan fingerprint density at radius 2 is 1.97 bits per heavy atom. The molecule has 0 bridgehead atoms. The van der Waals surface area contributed by atoms with E-state index in [-0.39, 0.29) is 35.6 Å². The standard InChI is InChI=1S/C27H32N4O4/c1-17(2)31-27(33)22-9-5-4-8-21(22)25(29-31)18-10-11-24(34-3)23(13-18)30-15-19(16-30)26(32)28-14-20-7-6-12-35-20/h4-7,10-13,17,19,21-22H,8-9,14-16H2,1-3H3,(H,28,32)/t21-,22+/m0/s1. The Hall–Kier alpha value is -3.55. The second kappa shape index (κ2) is 9.60. The van der Waals surface area contributed by atoms with Gasteiger partial charge in [-0.05, 0) is 57.0 Å². The van der Waals surface area contributed by atoms with Crippen molar-refractivity contribution in [3.63, 3.8) is 0 Å². The van der Waals surface area contributed by atoms with Gasteiger partial charge in [0.15, 0.2) is 0 Å². The fourth-order valence-corrected chi connectivity index (χ4v) is 5.11. The van der Waals surface area contributed by atoms with Gasteiger partial charge in [-0.3, -0.25) is 9.59 Å². The molecule has 35 heavy (non-hydrogen) atoms. The predicted octanol–water partition coefficient (Wildman–Crippen LogP) is 3.58. The van der Waals surface area contributed by atoms with E-state index in [4.69, 9.17) is 14.3 Å². The minimum absolute atomic E-state index is 0.00194. The van der Waals surface area contributed by atoms with Crippen molar-refractivity contribution in [1.29, 1.82) is 0 Å². The zero-order chi connectivity index (χ0) is 24.5. The fraction of sp³-hybridized carbons (Fsp3) is 0.444. The van der Waals surface area contributed by atoms with Gasteiger partial charge >= 0.3 is 0 Å². The molecular formula is C27H32N4O4. The summed E-state index contributed by atoms with van der Waals surface area (Å²) in [6.45, 7) is 5.61. The predicted molar refractivity (Wildman–Crippen MR) is 133 cm³/mol. The van der Waals surface area contributed by atoms with Crippen molar-refractivity contribution in [2.24, 2.45) is 22.9 Å². The average molecular weight is 477 g/mol. The lowest BCUT2D eigenvalue weighted by Crippen LogP contribution is -2.53. The first kappa shape index (κ1) is 23.2. The van der Waals surface area contributed by atoms with Gasteiger partial charge in [0.1, 0.15) is 11.5 Å². The van der Waals surface area contributed by atoms with Crippen LogP contribution in [-0.2, 0) is 16.1 Å². The Bertz CT molecular complexity index is 1150. The lowest BCUT2D eigenvalue weighted by atomic mass is 9.76. The largest absolute Gasteiger partial charge is 0.495 e. The number of fused-ring (bicyclic) bond motifs is 1. The van der Waals surface area contributed by atoms with Gasteiger partial charge in [-0.15, -0.1) is 0 Å². The second-order valence-electron chi connectivity index (χ2n) is 9.70. The molecule has 3 aliphatic rings. The summed E-state index contributed by atoms with van der Waals surface area (Å²) in [4.78, 5) is 27.8. The molecule has 3 heterocycles. The summed E-state index contributed by atoms with van der Waals surface area (Å²) in [7, 11) is 1.66. The first-order valence-corrected chi connectivity index (χ1v) is 12.3. The van der Waals surface area contributed by atoms with E-state index in [1.165, 1.54) is 0 Å². The van der Waals surface area contributed by atoms with Crippen molar-refractivity contribution < 1.29 is 18.7 Å². The van der Waals surface area contributed by atoms with E-state index < -0.39 is 0 Å². The van der Waals surface area contributed by atoms with Crippen molar-refractivity contribution in [2.75, 3.05) is 25.1 Å². The molecule has 2 aliphatic heterocycles. The Morgan fingerprint density at radius 1 is 1.20 bits per heavy atom. The minimum atomic E-state index is -0.0905. The Kier molecular flexibility index (Phi) is 6.36. The number of nitrogens with one attached hydrogen (secondary N) is 1. The average Bonchev–Trinajstić information content (AvgIpc) is 3.36. The number of rotatable bonds is 7. The number of benzene rings is 1. The zero-order valence-corrected chi connectivity index (χ0v) is 20.4. The summed E-state index contributed by atoms with van der Waals surface area (Å²) < 4.78 is 10.9. The van der Waals surface area contributed by atoms with Gasteiger partial charge in [0.05, 0.1) is 43.2 Å². The molecule has 8 nitrogen and oxygen atoms in total. The smallest absolute Gasteiger partial charge is 0.247 e. The van der Waals surface area contributed by atoms with Crippen molar-refractivity contribution >= 4 is 23.2 Å². The highest BCUT2D eigenvalue weighted by Crippen LogP contribution is 2.39. The van der Waals surface area contributed by atoms with Crippen molar-refractivity contribution in [3.8, 4) is 5.75 Å². The first-order chi connectivity index (χ1) is 17.0. The van der Waals surface area contributed by atoms with Crippen LogP contribution in [0, 0.1) is 17.8 Å². The number of furan rings is 1. The van der Waals surface area contributed by atoms with Gasteiger partial charge < -0.3 is 19.4 Å². The maximum absolute atomic E-state index is 13.1. The van der Waals surface area contributed by atoms with E-state index in [9.17, 15) is 9.59 Å². The fourth-order valence-electron chi connectivity index (χ4n) is 5.11. The van der Waals surface area contributed by atoms with Crippen LogP contribution >= 0.6 is 0 Å². The highest BCUT2D eigenvalue weighted by Gasteiger charge is 2.41. The third kappa shape index (κ3) is 4.45. The van der Waals surface area contributed by atoms with E-state index in [1.54, 1.807) is 18.4 Å². The van der Waals surface area contributed by atoms with E-state index >= 15 is 0 Å². The minimum Gasteiger partial charge on any atom is -0.495 e. The molecule has 0 spiro atoms. The highest BCUT2D eigenvalue weighted by molar-refractivity contribution is 6.07. The van der Waals surface area contributed by atoms with Gasteiger partial charge in [0.25, 0.3) is 0 Å². The molecule has 2 aromatic rings. The molecule has 8 heteroatoms. The zero-order valence-electron chi connectivity index (χ0n) is 20.4. The molecule has 1 aliphatic carbocycles. The van der Waals surface area contributed by atoms with Crippen LogP contribution in [0.25, 0.3) is 0 Å². The lowest BCUT2D eigenvalue weighted by molar-refractivity contribution is -0.139. The third-order valence-electron chi connectivity index (χ3n) is 7.12. The van der Waals surface area contributed by atoms with Crippen LogP contribution in [0.2, 0.25) is 0 Å². The summed E-state index contributed by atoms with van der Waals surface area (Å²) >= 11 is 0. The van der Waals surface area contributed by atoms with Crippen LogP contribution in [0.1, 0.15) is 38.0 Å². The van der Waals surface area contributed by atoms with E-state index in [0.717, 1.165) is 41.3 Å². The molecule has 0 unspecified atom stereocenters. The van der Waals surface area contributed by atoms with Crippen molar-refractivity contribution in [1.82, 2.24) is 10.3 Å². The highest BCUT2D eigenvalue weighted by atomic mass is 16.5. The van der Waals surface area contributed by atoms with Gasteiger partial charge in [-0.2, -0.15) is 5.10 Å². The third-order valence-corrected chi connectivity index (χ3v) is 7.12. The normalized spacial score (nSPS) is 22.1. The van der Waals surface area contributed by atoms with Crippen LogP contribution in [0.5, 0.6) is 5.75 Å².